The molecule has 0 atom stereocenters. The zero-order valence-electron chi connectivity index (χ0n) is 9.66. The average molecular weight is 209 g/mol. The van der Waals surface area contributed by atoms with E-state index in [2.05, 4.69) is 30.7 Å². The Morgan fingerprint density at radius 2 is 1.87 bits per heavy atom. The number of nitrogens with two attached hydrogens (primary N) is 1. The summed E-state index contributed by atoms with van der Waals surface area (Å²) in [5.41, 5.74) is 5.34. The molecule has 1 heterocycles. The van der Waals surface area contributed by atoms with E-state index in [4.69, 9.17) is 10.5 Å². The summed E-state index contributed by atoms with van der Waals surface area (Å²) in [4.78, 5) is 8.52. The van der Waals surface area contributed by atoms with Crippen molar-refractivity contribution < 1.29 is 4.74 Å². The van der Waals surface area contributed by atoms with Crippen molar-refractivity contribution in [1.82, 2.24) is 9.97 Å². The molecule has 0 amide bonds. The molecule has 1 aromatic heterocycles. The maximum atomic E-state index is 5.41. The van der Waals surface area contributed by atoms with Crippen molar-refractivity contribution in [3.8, 4) is 5.75 Å². The fraction of sp³-hybridized carbons (Fsp3) is 0.636. The Hall–Kier alpha value is -1.16. The van der Waals surface area contributed by atoms with Crippen molar-refractivity contribution in [3.63, 3.8) is 0 Å². The Bertz CT molecular complexity index is 290. The van der Waals surface area contributed by atoms with E-state index >= 15 is 0 Å². The molecule has 0 radical (unpaired) electrons. The summed E-state index contributed by atoms with van der Waals surface area (Å²) < 4.78 is 5.41. The number of aromatic nitrogens is 2. The van der Waals surface area contributed by atoms with Crippen molar-refractivity contribution in [3.05, 3.63) is 18.2 Å². The molecule has 2 N–H and O–H groups in total. The lowest BCUT2D eigenvalue weighted by atomic mass is 9.96. The van der Waals surface area contributed by atoms with E-state index in [9.17, 15) is 0 Å². The second-order valence-electron chi connectivity index (χ2n) is 4.48. The second-order valence-corrected chi connectivity index (χ2v) is 4.48. The normalized spacial score (nSPS) is 11.5. The Balaban J connectivity index is 2.57. The van der Waals surface area contributed by atoms with Gasteiger partial charge in [-0.05, 0) is 13.0 Å². The second kappa shape index (κ2) is 5.07. The molecule has 0 saturated heterocycles. The van der Waals surface area contributed by atoms with E-state index in [1.54, 1.807) is 12.4 Å². The standard InChI is InChI=1S/C11H19N3O/c1-11(2,3)10-13-7-9(8-14-10)15-6-4-5-12/h7-8H,4-6,12H2,1-3H3. The monoisotopic (exact) mass is 209 g/mol. The van der Waals surface area contributed by atoms with Crippen LogP contribution in [0.15, 0.2) is 12.4 Å². The van der Waals surface area contributed by atoms with E-state index in [0.717, 1.165) is 12.2 Å². The van der Waals surface area contributed by atoms with Gasteiger partial charge >= 0.3 is 0 Å². The molecule has 0 bridgehead atoms. The van der Waals surface area contributed by atoms with Gasteiger partial charge in [0.15, 0.2) is 5.75 Å². The summed E-state index contributed by atoms with van der Waals surface area (Å²) in [6.45, 7) is 7.50. The molecule has 0 spiro atoms. The van der Waals surface area contributed by atoms with E-state index in [0.29, 0.717) is 18.9 Å². The highest BCUT2D eigenvalue weighted by Gasteiger charge is 2.16. The summed E-state index contributed by atoms with van der Waals surface area (Å²) >= 11 is 0. The first-order valence-electron chi connectivity index (χ1n) is 5.19. The quantitative estimate of drug-likeness (QED) is 0.763. The first kappa shape index (κ1) is 11.9. The molecular weight excluding hydrogens is 190 g/mol. The molecule has 4 heteroatoms. The Kier molecular flexibility index (Phi) is 4.03. The molecule has 0 fully saturated rings. The summed E-state index contributed by atoms with van der Waals surface area (Å²) in [5, 5.41) is 0. The van der Waals surface area contributed by atoms with Gasteiger partial charge in [0.2, 0.25) is 0 Å². The SMILES string of the molecule is CC(C)(C)c1ncc(OCCCN)cn1. The maximum Gasteiger partial charge on any atom is 0.155 e. The van der Waals surface area contributed by atoms with Crippen LogP contribution in [0.5, 0.6) is 5.75 Å². The number of rotatable bonds is 4. The van der Waals surface area contributed by atoms with E-state index in [-0.39, 0.29) is 5.41 Å². The van der Waals surface area contributed by atoms with Crippen LogP contribution in [0.4, 0.5) is 0 Å². The van der Waals surface area contributed by atoms with Crippen LogP contribution in [0.1, 0.15) is 33.0 Å². The van der Waals surface area contributed by atoms with Crippen molar-refractivity contribution >= 4 is 0 Å². The summed E-state index contributed by atoms with van der Waals surface area (Å²) in [6, 6.07) is 0. The van der Waals surface area contributed by atoms with E-state index in [1.807, 2.05) is 0 Å². The number of hydrogen-bond acceptors (Lipinski definition) is 4. The summed E-state index contributed by atoms with van der Waals surface area (Å²) in [6.07, 6.45) is 4.27. The molecule has 0 aliphatic rings. The molecule has 84 valence electrons. The molecule has 0 saturated carbocycles. The minimum Gasteiger partial charge on any atom is -0.490 e. The van der Waals surface area contributed by atoms with Gasteiger partial charge in [-0.15, -0.1) is 0 Å². The van der Waals surface area contributed by atoms with Gasteiger partial charge in [0.05, 0.1) is 19.0 Å². The fourth-order valence-corrected chi connectivity index (χ4v) is 1.05. The Morgan fingerprint density at radius 1 is 1.27 bits per heavy atom. The highest BCUT2D eigenvalue weighted by molar-refractivity contribution is 5.14. The number of ether oxygens (including phenoxy) is 1. The van der Waals surface area contributed by atoms with Crippen LogP contribution >= 0.6 is 0 Å². The van der Waals surface area contributed by atoms with Gasteiger partial charge in [-0.2, -0.15) is 0 Å². The first-order chi connectivity index (χ1) is 7.04. The van der Waals surface area contributed by atoms with E-state index < -0.39 is 0 Å². The minimum absolute atomic E-state index is 0.0181. The van der Waals surface area contributed by atoms with Crippen molar-refractivity contribution in [2.45, 2.75) is 32.6 Å². The number of nitrogens with zero attached hydrogens (tertiary/aromatic N) is 2. The zero-order valence-corrected chi connectivity index (χ0v) is 9.66. The van der Waals surface area contributed by atoms with Crippen LogP contribution < -0.4 is 10.5 Å². The van der Waals surface area contributed by atoms with Crippen LogP contribution in [0.25, 0.3) is 0 Å². The molecule has 4 nitrogen and oxygen atoms in total. The predicted octanol–water partition coefficient (Wildman–Crippen LogP) is 1.50. The summed E-state index contributed by atoms with van der Waals surface area (Å²) in [7, 11) is 0. The maximum absolute atomic E-state index is 5.41. The van der Waals surface area contributed by atoms with Crippen LogP contribution in [0.3, 0.4) is 0 Å². The molecule has 1 rings (SSSR count). The van der Waals surface area contributed by atoms with Gasteiger partial charge in [-0.25, -0.2) is 9.97 Å². The minimum atomic E-state index is -0.0181. The molecule has 1 aromatic rings. The highest BCUT2D eigenvalue weighted by Crippen LogP contribution is 2.18. The molecule has 0 unspecified atom stereocenters. The molecule has 15 heavy (non-hydrogen) atoms. The topological polar surface area (TPSA) is 61.0 Å². The molecule has 0 aliphatic heterocycles. The van der Waals surface area contributed by atoms with Crippen LogP contribution in [-0.4, -0.2) is 23.1 Å². The Labute approximate surface area is 90.9 Å². The smallest absolute Gasteiger partial charge is 0.155 e. The molecule has 0 aromatic carbocycles. The van der Waals surface area contributed by atoms with Gasteiger partial charge in [0, 0.05) is 5.41 Å². The van der Waals surface area contributed by atoms with Gasteiger partial charge in [-0.3, -0.25) is 0 Å². The van der Waals surface area contributed by atoms with Crippen LogP contribution in [-0.2, 0) is 5.41 Å². The van der Waals surface area contributed by atoms with Crippen molar-refractivity contribution in [2.24, 2.45) is 5.73 Å². The zero-order chi connectivity index (χ0) is 11.3. The lowest BCUT2D eigenvalue weighted by molar-refractivity contribution is 0.310. The fourth-order valence-electron chi connectivity index (χ4n) is 1.05. The lowest BCUT2D eigenvalue weighted by Crippen LogP contribution is -2.15. The number of hydrogen-bond donors (Lipinski definition) is 1. The highest BCUT2D eigenvalue weighted by atomic mass is 16.5. The van der Waals surface area contributed by atoms with Crippen molar-refractivity contribution in [1.29, 1.82) is 0 Å². The van der Waals surface area contributed by atoms with Gasteiger partial charge < -0.3 is 10.5 Å². The first-order valence-corrected chi connectivity index (χ1v) is 5.19. The largest absolute Gasteiger partial charge is 0.490 e. The van der Waals surface area contributed by atoms with Gasteiger partial charge in [-0.1, -0.05) is 20.8 Å². The molecule has 0 aliphatic carbocycles. The average Bonchev–Trinajstić information content (AvgIpc) is 2.18. The van der Waals surface area contributed by atoms with Gasteiger partial charge in [0.1, 0.15) is 5.82 Å². The third-order valence-corrected chi connectivity index (χ3v) is 1.92. The van der Waals surface area contributed by atoms with Crippen LogP contribution in [0, 0.1) is 0 Å². The van der Waals surface area contributed by atoms with E-state index in [1.165, 1.54) is 0 Å². The predicted molar refractivity (Wildman–Crippen MR) is 59.9 cm³/mol. The third-order valence-electron chi connectivity index (χ3n) is 1.92. The van der Waals surface area contributed by atoms with Crippen LogP contribution in [0.2, 0.25) is 0 Å². The third kappa shape index (κ3) is 3.83. The Morgan fingerprint density at radius 3 is 2.33 bits per heavy atom. The summed E-state index contributed by atoms with van der Waals surface area (Å²) in [5.74, 6) is 1.53. The van der Waals surface area contributed by atoms with Gasteiger partial charge in [0.25, 0.3) is 0 Å². The molecular formula is C11H19N3O. The lowest BCUT2D eigenvalue weighted by Gasteiger charge is -2.16. The van der Waals surface area contributed by atoms with Crippen molar-refractivity contribution in [2.75, 3.05) is 13.2 Å².